The third kappa shape index (κ3) is 17.8. The molecule has 0 aliphatic carbocycles. The van der Waals surface area contributed by atoms with Crippen LogP contribution in [-0.4, -0.2) is 134 Å². The monoisotopic (exact) mass is 959 g/mol. The lowest BCUT2D eigenvalue weighted by atomic mass is 9.87. The Morgan fingerprint density at radius 1 is 1.00 bits per heavy atom. The smallest absolute Gasteiger partial charge is 0.481 e. The Hall–Kier alpha value is -3.75. The van der Waals surface area contributed by atoms with Crippen molar-refractivity contribution in [1.82, 2.24) is 30.2 Å². The summed E-state index contributed by atoms with van der Waals surface area (Å²) in [4.78, 5) is 98.2. The number of rotatable bonds is 26. The summed E-state index contributed by atoms with van der Waals surface area (Å²) in [6.45, 7) is 0.328. The van der Waals surface area contributed by atoms with Gasteiger partial charge in [0.25, 0.3) is 0 Å². The molecule has 0 radical (unpaired) electrons. The molecular formula is C32H48N7O19P3S. The van der Waals surface area contributed by atoms with Crippen LogP contribution in [0.4, 0.5) is 5.82 Å². The van der Waals surface area contributed by atoms with E-state index in [1.54, 1.807) is 30.4 Å². The van der Waals surface area contributed by atoms with Crippen molar-refractivity contribution in [2.45, 2.75) is 70.2 Å². The lowest BCUT2D eigenvalue weighted by Gasteiger charge is -2.30. The first-order valence-electron chi connectivity index (χ1n) is 18.2. The number of nitrogens with zero attached hydrogens (tertiary/aromatic N) is 4. The van der Waals surface area contributed by atoms with Crippen molar-refractivity contribution in [3.8, 4) is 0 Å². The van der Waals surface area contributed by atoms with Crippen LogP contribution in [0.2, 0.25) is 0 Å². The molecule has 30 heteroatoms. The van der Waals surface area contributed by atoms with E-state index in [0.29, 0.717) is 12.8 Å². The van der Waals surface area contributed by atoms with Crippen LogP contribution >= 0.6 is 35.2 Å². The number of hydrogen-bond donors (Lipinski definition) is 10. The summed E-state index contributed by atoms with van der Waals surface area (Å²) < 4.78 is 62.2. The van der Waals surface area contributed by atoms with Crippen LogP contribution in [-0.2, 0) is 55.5 Å². The second-order valence-electron chi connectivity index (χ2n) is 13.7. The molecule has 62 heavy (non-hydrogen) atoms. The van der Waals surface area contributed by atoms with E-state index >= 15 is 0 Å². The number of amides is 2. The molecule has 3 rings (SSSR count). The van der Waals surface area contributed by atoms with Gasteiger partial charge in [-0.3, -0.25) is 37.3 Å². The van der Waals surface area contributed by atoms with Gasteiger partial charge in [0.05, 0.1) is 19.5 Å². The first kappa shape index (κ1) is 52.6. The number of aliphatic hydroxyl groups excluding tert-OH is 2. The molecule has 1 aliphatic heterocycles. The minimum Gasteiger partial charge on any atom is -0.481 e. The van der Waals surface area contributed by atoms with Crippen molar-refractivity contribution in [2.24, 2.45) is 5.41 Å². The third-order valence-electron chi connectivity index (χ3n) is 8.18. The number of carboxylic acids is 1. The average molecular weight is 960 g/mol. The number of anilines is 1. The number of nitrogens with two attached hydrogens (primary N) is 1. The first-order chi connectivity index (χ1) is 28.9. The predicted octanol–water partition coefficient (Wildman–Crippen LogP) is 0.588. The largest absolute Gasteiger partial charge is 0.481 e. The van der Waals surface area contributed by atoms with Crippen molar-refractivity contribution in [3.63, 3.8) is 0 Å². The zero-order chi connectivity index (χ0) is 46.3. The Morgan fingerprint density at radius 2 is 1.69 bits per heavy atom. The number of ether oxygens (including phenoxy) is 1. The molecule has 2 amide bonds. The third-order valence-corrected chi connectivity index (χ3v) is 12.1. The van der Waals surface area contributed by atoms with Gasteiger partial charge in [0, 0.05) is 37.1 Å². The van der Waals surface area contributed by atoms with Gasteiger partial charge in [0.15, 0.2) is 17.7 Å². The summed E-state index contributed by atoms with van der Waals surface area (Å²) in [7, 11) is -16.4. The minimum absolute atomic E-state index is 0.0216. The van der Waals surface area contributed by atoms with E-state index in [1.165, 1.54) is 19.9 Å². The number of aliphatic carboxylic acids is 1. The Labute approximate surface area is 357 Å². The minimum atomic E-state index is -5.59. The summed E-state index contributed by atoms with van der Waals surface area (Å²) >= 11 is 0.967. The van der Waals surface area contributed by atoms with Gasteiger partial charge in [-0.2, -0.15) is 4.31 Å². The Kier molecular flexibility index (Phi) is 20.2. The van der Waals surface area contributed by atoms with Crippen LogP contribution in [0.25, 0.3) is 11.2 Å². The molecule has 0 aromatic carbocycles. The molecule has 1 saturated heterocycles. The van der Waals surface area contributed by atoms with E-state index in [-0.39, 0.29) is 53.8 Å². The van der Waals surface area contributed by atoms with E-state index in [0.717, 1.165) is 29.0 Å². The number of phosphoric ester groups is 3. The lowest BCUT2D eigenvalue weighted by molar-refractivity contribution is -0.137. The summed E-state index contributed by atoms with van der Waals surface area (Å²) in [5, 5.41) is 34.7. The number of imidazole rings is 1. The number of carbonyl (C=O) groups excluding carboxylic acids is 3. The molecule has 2 aromatic heterocycles. The van der Waals surface area contributed by atoms with Crippen LogP contribution in [0, 0.1) is 5.41 Å². The summed E-state index contributed by atoms with van der Waals surface area (Å²) in [5.41, 5.74) is 4.22. The lowest BCUT2D eigenvalue weighted by Crippen LogP contribution is -2.46. The highest BCUT2D eigenvalue weighted by Gasteiger charge is 2.50. The highest BCUT2D eigenvalue weighted by atomic mass is 32.2. The maximum atomic E-state index is 12.7. The number of nitrogens with one attached hydrogen (secondary N) is 2. The summed E-state index contributed by atoms with van der Waals surface area (Å²) in [5.74, 6) is -2.15. The average Bonchev–Trinajstić information content (AvgIpc) is 3.73. The normalized spacial score (nSPS) is 21.0. The number of allylic oxidation sites excluding steroid dienone is 5. The van der Waals surface area contributed by atoms with Crippen molar-refractivity contribution in [1.29, 1.82) is 0 Å². The number of nitrogen functional groups attached to an aromatic ring is 1. The van der Waals surface area contributed by atoms with E-state index in [9.17, 15) is 62.7 Å². The van der Waals surface area contributed by atoms with Crippen LogP contribution in [0.3, 0.4) is 0 Å². The molecule has 3 heterocycles. The predicted molar refractivity (Wildman–Crippen MR) is 216 cm³/mol. The molecule has 1 fully saturated rings. The molecule has 7 unspecified atom stereocenters. The molecular weight excluding hydrogens is 911 g/mol. The fourth-order valence-corrected chi connectivity index (χ4v) is 8.54. The van der Waals surface area contributed by atoms with Crippen LogP contribution in [0.5, 0.6) is 0 Å². The quantitative estimate of drug-likeness (QED) is 0.0267. The first-order valence-corrected chi connectivity index (χ1v) is 23.7. The zero-order valence-corrected chi connectivity index (χ0v) is 36.5. The van der Waals surface area contributed by atoms with Gasteiger partial charge >= 0.3 is 29.4 Å². The summed E-state index contributed by atoms with van der Waals surface area (Å²) in [6.07, 6.45) is 3.87. The van der Waals surface area contributed by atoms with Gasteiger partial charge in [-0.1, -0.05) is 56.0 Å². The fourth-order valence-electron chi connectivity index (χ4n) is 5.11. The van der Waals surface area contributed by atoms with Gasteiger partial charge in [0.2, 0.25) is 16.9 Å². The van der Waals surface area contributed by atoms with Gasteiger partial charge in [-0.15, -0.1) is 0 Å². The summed E-state index contributed by atoms with van der Waals surface area (Å²) in [6, 6.07) is 0. The van der Waals surface area contributed by atoms with Crippen LogP contribution in [0.15, 0.2) is 49.1 Å². The zero-order valence-electron chi connectivity index (χ0n) is 33.0. The number of carboxylic acid groups (broad SMARTS) is 1. The van der Waals surface area contributed by atoms with Crippen molar-refractivity contribution >= 4 is 75.1 Å². The molecule has 0 spiro atoms. The molecule has 1 aliphatic rings. The second kappa shape index (κ2) is 23.8. The Balaban J connectivity index is 1.40. The standard InChI is InChI=1S/C32H48N7O19P3S/c1-32(2,27(45)30(46)35-13-12-21(40)34-14-15-62-23(43)11-9-7-5-3-4-6-8-10-22(41)42)17-55-61(52,53)58-60(50,51)54-16-20-26(57-59(47,48)49)25(44)31(56-20)39-19-38-24-28(33)36-18-37-29(24)39/h3-6,9,11,18-20,25-27,31,44-45H,7-8,10,12-17H2,1-2H3,(H,34,40)(H,35,46)(H,41,42)(H,50,51)(H,52,53)(H2,33,36,37)(H2,47,48,49)/b5-3+,6-4+,11-9+. The highest BCUT2D eigenvalue weighted by molar-refractivity contribution is 8.14. The molecule has 7 atom stereocenters. The van der Waals surface area contributed by atoms with Gasteiger partial charge in [-0.05, 0) is 18.9 Å². The Bertz CT molecular complexity index is 2120. The maximum absolute atomic E-state index is 12.7. The molecule has 0 bridgehead atoms. The number of hydrogen-bond acceptors (Lipinski definition) is 19. The number of aliphatic hydroxyl groups is 2. The van der Waals surface area contributed by atoms with E-state index < -0.39 is 90.5 Å². The molecule has 2 aromatic rings. The SMILES string of the molecule is CC(C)(COP(=O)(O)OP(=O)(O)OCC1OC(n2cnc3c(N)ncnc32)C(O)C1OP(=O)(O)O)C(O)C(=O)NCCC(=O)NCCSC(=O)/C=C/C/C=C/C=C/CCC(=O)O. The number of fused-ring (bicyclic) bond motifs is 1. The van der Waals surface area contributed by atoms with Crippen molar-refractivity contribution < 1.29 is 90.4 Å². The fraction of sp³-hybridized carbons (Fsp3) is 0.531. The molecule has 11 N–H and O–H groups in total. The van der Waals surface area contributed by atoms with Crippen molar-refractivity contribution in [3.05, 3.63) is 49.1 Å². The van der Waals surface area contributed by atoms with E-state index in [4.69, 9.17) is 24.6 Å². The van der Waals surface area contributed by atoms with Gasteiger partial charge in [-0.25, -0.2) is 28.6 Å². The number of aromatic nitrogens is 4. The van der Waals surface area contributed by atoms with Gasteiger partial charge < -0.3 is 56.0 Å². The number of carbonyl (C=O) groups is 4. The van der Waals surface area contributed by atoms with Crippen LogP contribution in [0.1, 0.15) is 45.8 Å². The molecule has 346 valence electrons. The number of phosphoric acid groups is 3. The van der Waals surface area contributed by atoms with E-state index in [2.05, 4.69) is 34.4 Å². The maximum Gasteiger partial charge on any atom is 0.481 e. The highest BCUT2D eigenvalue weighted by Crippen LogP contribution is 2.61. The number of thioether (sulfide) groups is 1. The van der Waals surface area contributed by atoms with E-state index in [1.807, 2.05) is 0 Å². The van der Waals surface area contributed by atoms with Gasteiger partial charge in [0.1, 0.15) is 36.3 Å². The Morgan fingerprint density at radius 3 is 2.39 bits per heavy atom. The van der Waals surface area contributed by atoms with Crippen molar-refractivity contribution in [2.75, 3.05) is 37.8 Å². The van der Waals surface area contributed by atoms with Crippen LogP contribution < -0.4 is 16.4 Å². The molecule has 26 nitrogen and oxygen atoms in total. The molecule has 0 saturated carbocycles. The topological polar surface area (TPSA) is 401 Å². The second-order valence-corrected chi connectivity index (χ2v) is 19.0.